The number of hydrogen-bond acceptors (Lipinski definition) is 2. The van der Waals surface area contributed by atoms with Crippen molar-refractivity contribution in [3.05, 3.63) is 58.8 Å². The topological polar surface area (TPSA) is 66.9 Å². The number of carbonyl (C=O) groups excluding carboxylic acids is 1. The molecule has 0 saturated heterocycles. The van der Waals surface area contributed by atoms with Crippen molar-refractivity contribution in [1.82, 2.24) is 9.55 Å². The van der Waals surface area contributed by atoms with Crippen LogP contribution in [0.1, 0.15) is 0 Å². The second kappa shape index (κ2) is 5.52. The first-order chi connectivity index (χ1) is 11.3. The van der Waals surface area contributed by atoms with Crippen LogP contribution < -0.4 is 11.0 Å². The van der Waals surface area contributed by atoms with Crippen molar-refractivity contribution in [3.8, 4) is 5.69 Å². The summed E-state index contributed by atoms with van der Waals surface area (Å²) >= 11 is 0. The molecule has 1 amide bonds. The van der Waals surface area contributed by atoms with E-state index >= 15 is 0 Å². The van der Waals surface area contributed by atoms with E-state index in [-0.39, 0.29) is 11.2 Å². The Morgan fingerprint density at radius 2 is 1.75 bits per heavy atom. The lowest BCUT2D eigenvalue weighted by Gasteiger charge is -2.08. The maximum atomic E-state index is 13.0. The molecular formula is C15H9F4N3O2. The van der Waals surface area contributed by atoms with Crippen LogP contribution in [0, 0.1) is 5.82 Å². The second-order valence-corrected chi connectivity index (χ2v) is 4.93. The number of alkyl halides is 3. The highest BCUT2D eigenvalue weighted by atomic mass is 19.4. The number of fused-ring (bicyclic) bond motifs is 1. The van der Waals surface area contributed by atoms with Gasteiger partial charge in [0.05, 0.1) is 16.7 Å². The van der Waals surface area contributed by atoms with Crippen LogP contribution in [-0.2, 0) is 4.79 Å². The van der Waals surface area contributed by atoms with Crippen LogP contribution in [0.2, 0.25) is 0 Å². The number of hydrogen-bond donors (Lipinski definition) is 2. The number of halogens is 4. The van der Waals surface area contributed by atoms with Crippen LogP contribution >= 0.6 is 0 Å². The van der Waals surface area contributed by atoms with Crippen LogP contribution in [0.25, 0.3) is 16.7 Å². The van der Waals surface area contributed by atoms with Gasteiger partial charge in [0.15, 0.2) is 0 Å². The number of aromatic nitrogens is 2. The fourth-order valence-electron chi connectivity index (χ4n) is 2.24. The van der Waals surface area contributed by atoms with Gasteiger partial charge in [-0.15, -0.1) is 0 Å². The molecular weight excluding hydrogens is 330 g/mol. The molecule has 0 aliphatic heterocycles. The summed E-state index contributed by atoms with van der Waals surface area (Å²) in [4.78, 5) is 25.5. The average Bonchev–Trinajstić information content (AvgIpc) is 2.82. The number of aromatic amines is 1. The fourth-order valence-corrected chi connectivity index (χ4v) is 2.24. The molecule has 0 saturated carbocycles. The number of anilines is 1. The third-order valence-corrected chi connectivity index (χ3v) is 3.28. The first kappa shape index (κ1) is 15.8. The maximum absolute atomic E-state index is 13.0. The molecule has 3 rings (SSSR count). The van der Waals surface area contributed by atoms with E-state index in [1.165, 1.54) is 47.0 Å². The Balaban J connectivity index is 2.03. The normalized spacial score (nSPS) is 11.7. The molecule has 0 fully saturated rings. The molecule has 0 unspecified atom stereocenters. The highest BCUT2D eigenvalue weighted by molar-refractivity contribution is 5.96. The van der Waals surface area contributed by atoms with Crippen LogP contribution in [-0.4, -0.2) is 21.6 Å². The highest BCUT2D eigenvalue weighted by Gasteiger charge is 2.38. The van der Waals surface area contributed by atoms with Crippen molar-refractivity contribution >= 4 is 22.6 Å². The fraction of sp³-hybridized carbons (Fsp3) is 0.0667. The molecule has 1 heterocycles. The summed E-state index contributed by atoms with van der Waals surface area (Å²) in [6, 6.07) is 8.96. The zero-order chi connectivity index (χ0) is 17.5. The van der Waals surface area contributed by atoms with Crippen molar-refractivity contribution in [2.45, 2.75) is 6.18 Å². The van der Waals surface area contributed by atoms with E-state index < -0.39 is 23.6 Å². The van der Waals surface area contributed by atoms with Gasteiger partial charge in [0.25, 0.3) is 0 Å². The Hall–Kier alpha value is -3.10. The van der Waals surface area contributed by atoms with E-state index in [2.05, 4.69) is 4.98 Å². The first-order valence-electron chi connectivity index (χ1n) is 6.64. The van der Waals surface area contributed by atoms with E-state index in [1.54, 1.807) is 5.32 Å². The predicted molar refractivity (Wildman–Crippen MR) is 78.5 cm³/mol. The van der Waals surface area contributed by atoms with Gasteiger partial charge < -0.3 is 10.3 Å². The van der Waals surface area contributed by atoms with Crippen molar-refractivity contribution < 1.29 is 22.4 Å². The first-order valence-corrected chi connectivity index (χ1v) is 6.64. The standard InChI is InChI=1S/C15H9F4N3O2/c16-8-1-4-10(5-2-8)22-12-6-3-9(7-11(12)21-14(22)24)20-13(23)15(17,18)19/h1-7H,(H,20,23)(H,21,24). The van der Waals surface area contributed by atoms with E-state index in [0.29, 0.717) is 11.2 Å². The molecule has 0 atom stereocenters. The number of benzene rings is 2. The van der Waals surface area contributed by atoms with Crippen molar-refractivity contribution in [1.29, 1.82) is 0 Å². The molecule has 9 heteroatoms. The molecule has 2 aromatic carbocycles. The second-order valence-electron chi connectivity index (χ2n) is 4.93. The number of rotatable bonds is 2. The van der Waals surface area contributed by atoms with E-state index in [4.69, 9.17) is 0 Å². The van der Waals surface area contributed by atoms with Gasteiger partial charge in [-0.05, 0) is 42.5 Å². The Kier molecular flexibility index (Phi) is 3.63. The van der Waals surface area contributed by atoms with Crippen LogP contribution in [0.5, 0.6) is 0 Å². The summed E-state index contributed by atoms with van der Waals surface area (Å²) in [5, 5.41) is 1.71. The molecule has 0 spiro atoms. The molecule has 0 radical (unpaired) electrons. The Morgan fingerprint density at radius 3 is 2.38 bits per heavy atom. The van der Waals surface area contributed by atoms with Gasteiger partial charge in [0.1, 0.15) is 5.82 Å². The van der Waals surface area contributed by atoms with Crippen molar-refractivity contribution in [2.75, 3.05) is 5.32 Å². The van der Waals surface area contributed by atoms with Crippen molar-refractivity contribution in [2.24, 2.45) is 0 Å². The van der Waals surface area contributed by atoms with Crippen LogP contribution in [0.3, 0.4) is 0 Å². The number of nitrogens with zero attached hydrogens (tertiary/aromatic N) is 1. The summed E-state index contributed by atoms with van der Waals surface area (Å²) in [5.74, 6) is -2.58. The van der Waals surface area contributed by atoms with E-state index in [1.807, 2.05) is 0 Å². The zero-order valence-electron chi connectivity index (χ0n) is 11.8. The smallest absolute Gasteiger partial charge is 0.318 e. The lowest BCUT2D eigenvalue weighted by Crippen LogP contribution is -2.29. The summed E-state index contributed by atoms with van der Waals surface area (Å²) in [7, 11) is 0. The van der Waals surface area contributed by atoms with Gasteiger partial charge in [-0.2, -0.15) is 13.2 Å². The molecule has 0 aliphatic carbocycles. The minimum absolute atomic E-state index is 0.114. The minimum atomic E-state index is -5.01. The maximum Gasteiger partial charge on any atom is 0.471 e. The quantitative estimate of drug-likeness (QED) is 0.705. The summed E-state index contributed by atoms with van der Waals surface area (Å²) in [6.45, 7) is 0. The van der Waals surface area contributed by atoms with Gasteiger partial charge >= 0.3 is 17.8 Å². The molecule has 0 bridgehead atoms. The Bertz CT molecular complexity index is 971. The monoisotopic (exact) mass is 339 g/mol. The largest absolute Gasteiger partial charge is 0.471 e. The lowest BCUT2D eigenvalue weighted by atomic mass is 10.2. The third-order valence-electron chi connectivity index (χ3n) is 3.28. The SMILES string of the molecule is O=C(Nc1ccc2c(c1)[nH]c(=O)n2-c1ccc(F)cc1)C(F)(F)F. The van der Waals surface area contributed by atoms with Gasteiger partial charge in [0.2, 0.25) is 0 Å². The number of nitrogens with one attached hydrogen (secondary N) is 2. The number of imidazole rings is 1. The average molecular weight is 339 g/mol. The molecule has 1 aromatic heterocycles. The van der Waals surface area contributed by atoms with Crippen LogP contribution in [0.4, 0.5) is 23.2 Å². The zero-order valence-corrected chi connectivity index (χ0v) is 11.8. The van der Waals surface area contributed by atoms with E-state index in [0.717, 1.165) is 0 Å². The minimum Gasteiger partial charge on any atom is -0.318 e. The van der Waals surface area contributed by atoms with Gasteiger partial charge in [0, 0.05) is 5.69 Å². The third kappa shape index (κ3) is 2.87. The van der Waals surface area contributed by atoms with Gasteiger partial charge in [-0.25, -0.2) is 9.18 Å². The van der Waals surface area contributed by atoms with E-state index in [9.17, 15) is 27.2 Å². The lowest BCUT2D eigenvalue weighted by molar-refractivity contribution is -0.167. The molecule has 3 aromatic rings. The summed E-state index contributed by atoms with van der Waals surface area (Å²) < 4.78 is 51.0. The summed E-state index contributed by atoms with van der Waals surface area (Å²) in [5.41, 5.74) is 0.328. The molecule has 24 heavy (non-hydrogen) atoms. The van der Waals surface area contributed by atoms with Crippen LogP contribution in [0.15, 0.2) is 47.3 Å². The molecule has 124 valence electrons. The predicted octanol–water partition coefficient (Wildman–Crippen LogP) is 2.96. The highest BCUT2D eigenvalue weighted by Crippen LogP contribution is 2.22. The Labute approximate surface area is 131 Å². The Morgan fingerprint density at radius 1 is 1.08 bits per heavy atom. The van der Waals surface area contributed by atoms with Crippen molar-refractivity contribution in [3.63, 3.8) is 0 Å². The van der Waals surface area contributed by atoms with Gasteiger partial charge in [-0.3, -0.25) is 9.36 Å². The number of amides is 1. The number of carbonyl (C=O) groups is 1. The molecule has 0 aliphatic rings. The van der Waals surface area contributed by atoms with Gasteiger partial charge in [-0.1, -0.05) is 0 Å². The summed E-state index contributed by atoms with van der Waals surface area (Å²) in [6.07, 6.45) is -5.01. The molecule has 5 nitrogen and oxygen atoms in total. The molecule has 2 N–H and O–H groups in total. The number of H-pyrrole nitrogens is 1.